The smallest absolute Gasteiger partial charge is 0.261 e. The van der Waals surface area contributed by atoms with Crippen LogP contribution in [0.5, 0.6) is 0 Å². The zero-order valence-corrected chi connectivity index (χ0v) is 15.3. The molecule has 0 unspecified atom stereocenters. The van der Waals surface area contributed by atoms with Gasteiger partial charge in [-0.15, -0.1) is 11.3 Å². The minimum atomic E-state index is -3.67. The zero-order chi connectivity index (χ0) is 16.3. The fourth-order valence-corrected chi connectivity index (χ4v) is 4.66. The number of fused-ring (bicyclic) bond motifs is 2. The standard InChI is InChI=1S/C13H19ClN2S.CH4O3S/c1-2-5-16-6-3-4-9-7-10-12(8-11(9)16)17-13(14)15-10;1-5(2,3)4/h9,11H,2-8H2,1H3;1H3,(H,2,3,4)/t9-,11-;/m1./s1. The third-order valence-corrected chi connectivity index (χ3v) is 5.37. The van der Waals surface area contributed by atoms with Gasteiger partial charge in [-0.25, -0.2) is 4.98 Å². The molecule has 0 amide bonds. The Balaban J connectivity index is 0.000000309. The van der Waals surface area contributed by atoms with Crippen LogP contribution in [0.2, 0.25) is 4.47 Å². The van der Waals surface area contributed by atoms with Gasteiger partial charge in [-0.2, -0.15) is 8.42 Å². The Labute approximate surface area is 141 Å². The second kappa shape index (κ2) is 7.57. The van der Waals surface area contributed by atoms with E-state index in [1.807, 2.05) is 0 Å². The molecule has 22 heavy (non-hydrogen) atoms. The lowest BCUT2D eigenvalue weighted by atomic mass is 9.79. The first-order valence-corrected chi connectivity index (χ1v) is 10.6. The van der Waals surface area contributed by atoms with Gasteiger partial charge in [0, 0.05) is 10.9 Å². The van der Waals surface area contributed by atoms with E-state index in [0.717, 1.165) is 22.8 Å². The molecule has 0 radical (unpaired) electrons. The Hall–Kier alpha value is -0.210. The van der Waals surface area contributed by atoms with E-state index in [0.29, 0.717) is 6.26 Å². The quantitative estimate of drug-likeness (QED) is 0.815. The third kappa shape index (κ3) is 5.16. The van der Waals surface area contributed by atoms with E-state index >= 15 is 0 Å². The maximum absolute atomic E-state index is 9.19. The minimum Gasteiger partial charge on any atom is -0.300 e. The van der Waals surface area contributed by atoms with Crippen LogP contribution in [0.25, 0.3) is 0 Å². The highest BCUT2D eigenvalue weighted by Crippen LogP contribution is 2.38. The number of nitrogens with zero attached hydrogens (tertiary/aromatic N) is 2. The molecule has 2 heterocycles. The summed E-state index contributed by atoms with van der Waals surface area (Å²) in [6, 6.07) is 0.757. The lowest BCUT2D eigenvalue weighted by Crippen LogP contribution is -2.49. The van der Waals surface area contributed by atoms with Crippen LogP contribution in [0.3, 0.4) is 0 Å². The molecule has 0 bridgehead atoms. The largest absolute Gasteiger partial charge is 0.300 e. The Morgan fingerprint density at radius 2 is 2.14 bits per heavy atom. The number of hydrogen-bond acceptors (Lipinski definition) is 5. The molecule has 1 N–H and O–H groups in total. The first-order chi connectivity index (χ1) is 10.3. The van der Waals surface area contributed by atoms with Crippen molar-refractivity contribution in [2.75, 3.05) is 19.3 Å². The average Bonchev–Trinajstić information content (AvgIpc) is 2.74. The molecule has 2 atom stereocenters. The molecule has 1 aromatic heterocycles. The fourth-order valence-electron chi connectivity index (χ4n) is 3.42. The molecule has 1 aliphatic heterocycles. The summed E-state index contributed by atoms with van der Waals surface area (Å²) in [5.41, 5.74) is 1.29. The zero-order valence-electron chi connectivity index (χ0n) is 13.0. The first-order valence-electron chi connectivity index (χ1n) is 7.58. The van der Waals surface area contributed by atoms with Crippen molar-refractivity contribution in [2.45, 2.75) is 45.1 Å². The number of piperidine rings is 1. The number of likely N-dealkylation sites (tertiary alicyclic amines) is 1. The Morgan fingerprint density at radius 1 is 1.45 bits per heavy atom. The molecule has 1 aliphatic carbocycles. The van der Waals surface area contributed by atoms with Crippen molar-refractivity contribution >= 4 is 33.1 Å². The van der Waals surface area contributed by atoms with Gasteiger partial charge in [-0.1, -0.05) is 18.5 Å². The summed E-state index contributed by atoms with van der Waals surface area (Å²) in [7, 11) is -3.67. The summed E-state index contributed by atoms with van der Waals surface area (Å²) >= 11 is 7.73. The normalized spacial score (nSPS) is 24.9. The molecule has 2 aliphatic rings. The molecule has 0 saturated carbocycles. The van der Waals surface area contributed by atoms with Crippen LogP contribution in [0.15, 0.2) is 0 Å². The number of rotatable bonds is 2. The minimum absolute atomic E-state index is 0.715. The van der Waals surface area contributed by atoms with E-state index in [-0.39, 0.29) is 0 Å². The van der Waals surface area contributed by atoms with Crippen LogP contribution in [0.4, 0.5) is 0 Å². The second-order valence-corrected chi connectivity index (χ2v) is 9.12. The number of halogens is 1. The summed E-state index contributed by atoms with van der Waals surface area (Å²) < 4.78 is 26.6. The topological polar surface area (TPSA) is 70.5 Å². The van der Waals surface area contributed by atoms with Crippen molar-refractivity contribution < 1.29 is 13.0 Å². The van der Waals surface area contributed by atoms with Gasteiger partial charge in [-0.3, -0.25) is 9.45 Å². The molecular formula is C14H23ClN2O3S2. The highest BCUT2D eigenvalue weighted by atomic mass is 35.5. The molecule has 8 heteroatoms. The molecule has 3 rings (SSSR count). The van der Waals surface area contributed by atoms with Gasteiger partial charge in [0.2, 0.25) is 0 Å². The van der Waals surface area contributed by atoms with Crippen LogP contribution >= 0.6 is 22.9 Å². The van der Waals surface area contributed by atoms with E-state index in [1.54, 1.807) is 11.3 Å². The highest BCUT2D eigenvalue weighted by molar-refractivity contribution is 7.85. The number of thiazole rings is 1. The Morgan fingerprint density at radius 3 is 2.77 bits per heavy atom. The van der Waals surface area contributed by atoms with Crippen molar-refractivity contribution in [3.8, 4) is 0 Å². The van der Waals surface area contributed by atoms with Crippen molar-refractivity contribution in [2.24, 2.45) is 5.92 Å². The fraction of sp³-hybridized carbons (Fsp3) is 0.786. The van der Waals surface area contributed by atoms with Crippen LogP contribution < -0.4 is 0 Å². The molecular weight excluding hydrogens is 344 g/mol. The van der Waals surface area contributed by atoms with Crippen molar-refractivity contribution in [1.82, 2.24) is 9.88 Å². The van der Waals surface area contributed by atoms with Crippen LogP contribution in [0, 0.1) is 5.92 Å². The van der Waals surface area contributed by atoms with Crippen LogP contribution in [-0.2, 0) is 23.0 Å². The SMILES string of the molecule is CCCN1CCC[C@@H]2Cc3nc(Cl)sc3C[C@H]21.CS(=O)(=O)O. The van der Waals surface area contributed by atoms with Gasteiger partial charge in [0.1, 0.15) is 0 Å². The third-order valence-electron chi connectivity index (χ3n) is 4.15. The van der Waals surface area contributed by atoms with Gasteiger partial charge in [0.05, 0.1) is 11.9 Å². The monoisotopic (exact) mass is 366 g/mol. The van der Waals surface area contributed by atoms with E-state index in [4.69, 9.17) is 16.2 Å². The molecule has 1 saturated heterocycles. The van der Waals surface area contributed by atoms with E-state index in [1.165, 1.54) is 49.3 Å². The van der Waals surface area contributed by atoms with Crippen LogP contribution in [0.1, 0.15) is 36.8 Å². The summed E-state index contributed by atoms with van der Waals surface area (Å²) in [6.07, 6.45) is 7.05. The second-order valence-electron chi connectivity index (χ2n) is 5.98. The predicted molar refractivity (Wildman–Crippen MR) is 90.4 cm³/mol. The van der Waals surface area contributed by atoms with E-state index in [9.17, 15) is 8.42 Å². The summed E-state index contributed by atoms with van der Waals surface area (Å²) in [5.74, 6) is 0.820. The van der Waals surface area contributed by atoms with E-state index in [2.05, 4.69) is 16.8 Å². The summed E-state index contributed by atoms with van der Waals surface area (Å²) in [6.45, 7) is 4.82. The maximum atomic E-state index is 9.19. The molecule has 126 valence electrons. The van der Waals surface area contributed by atoms with Crippen molar-refractivity contribution in [3.05, 3.63) is 15.0 Å². The van der Waals surface area contributed by atoms with Gasteiger partial charge < -0.3 is 0 Å². The number of aromatic nitrogens is 1. The molecule has 1 fully saturated rings. The molecule has 5 nitrogen and oxygen atoms in total. The molecule has 0 aromatic carbocycles. The van der Waals surface area contributed by atoms with E-state index < -0.39 is 10.1 Å². The maximum Gasteiger partial charge on any atom is 0.261 e. The van der Waals surface area contributed by atoms with Gasteiger partial charge in [0.15, 0.2) is 4.47 Å². The van der Waals surface area contributed by atoms with Crippen LogP contribution in [-0.4, -0.2) is 48.2 Å². The Bertz CT molecular complexity index is 593. The van der Waals surface area contributed by atoms with Gasteiger partial charge >= 0.3 is 0 Å². The van der Waals surface area contributed by atoms with Gasteiger partial charge in [-0.05, 0) is 51.1 Å². The predicted octanol–water partition coefficient (Wildman–Crippen LogP) is 2.89. The summed E-state index contributed by atoms with van der Waals surface area (Å²) in [5, 5.41) is 0. The molecule has 1 aromatic rings. The summed E-state index contributed by atoms with van der Waals surface area (Å²) in [4.78, 5) is 8.62. The van der Waals surface area contributed by atoms with Crippen molar-refractivity contribution in [1.29, 1.82) is 0 Å². The molecule has 0 spiro atoms. The highest BCUT2D eigenvalue weighted by Gasteiger charge is 2.36. The lowest BCUT2D eigenvalue weighted by molar-refractivity contribution is 0.0857. The Kier molecular flexibility index (Phi) is 6.24. The lowest BCUT2D eigenvalue weighted by Gasteiger charge is -2.43. The van der Waals surface area contributed by atoms with Gasteiger partial charge in [0.25, 0.3) is 10.1 Å². The first kappa shape index (κ1) is 18.1. The van der Waals surface area contributed by atoms with Crippen molar-refractivity contribution in [3.63, 3.8) is 0 Å². The average molecular weight is 367 g/mol. The number of hydrogen-bond donors (Lipinski definition) is 1.